The molecule has 1 atom stereocenters. The standard InChI is InChI=1S/C19H20ClN3O5S/c1-28-18(24)14-5-6-16(21-10-14)11-22-19(25)23-7-8-29(26,27)12-17(23)13-3-2-4-15(20)9-13/h2-6,9-10,17H,7-8,11-12H2,1H3,(H,22,25). The van der Waals surface area contributed by atoms with Crippen LogP contribution in [0, 0.1) is 0 Å². The number of urea groups is 1. The number of sulfone groups is 1. The van der Waals surface area contributed by atoms with Gasteiger partial charge in [-0.15, -0.1) is 0 Å². The van der Waals surface area contributed by atoms with E-state index in [1.165, 1.54) is 18.2 Å². The molecule has 1 aliphatic rings. The van der Waals surface area contributed by atoms with Crippen LogP contribution in [-0.4, -0.2) is 55.5 Å². The van der Waals surface area contributed by atoms with E-state index in [0.717, 1.165) is 0 Å². The van der Waals surface area contributed by atoms with Crippen LogP contribution in [0.25, 0.3) is 0 Å². The van der Waals surface area contributed by atoms with Gasteiger partial charge in [-0.25, -0.2) is 18.0 Å². The van der Waals surface area contributed by atoms with Crippen LogP contribution < -0.4 is 5.32 Å². The first-order chi connectivity index (χ1) is 13.8. The summed E-state index contributed by atoms with van der Waals surface area (Å²) in [6.07, 6.45) is 1.37. The van der Waals surface area contributed by atoms with Gasteiger partial charge in [0.05, 0.1) is 42.5 Å². The summed E-state index contributed by atoms with van der Waals surface area (Å²) in [5, 5.41) is 3.23. The number of aromatic nitrogens is 1. The van der Waals surface area contributed by atoms with Crippen molar-refractivity contribution in [2.45, 2.75) is 12.6 Å². The average molecular weight is 438 g/mol. The summed E-state index contributed by atoms with van der Waals surface area (Å²) in [5.74, 6) is -0.747. The van der Waals surface area contributed by atoms with Gasteiger partial charge in [0.15, 0.2) is 9.84 Å². The molecule has 1 aromatic carbocycles. The highest BCUT2D eigenvalue weighted by Crippen LogP contribution is 2.28. The van der Waals surface area contributed by atoms with E-state index in [9.17, 15) is 18.0 Å². The van der Waals surface area contributed by atoms with E-state index in [-0.39, 0.29) is 24.6 Å². The molecule has 1 N–H and O–H groups in total. The maximum absolute atomic E-state index is 12.8. The second-order valence-corrected chi connectivity index (χ2v) is 9.23. The highest BCUT2D eigenvalue weighted by Gasteiger charge is 2.35. The summed E-state index contributed by atoms with van der Waals surface area (Å²) in [5.41, 5.74) is 1.52. The lowest BCUT2D eigenvalue weighted by molar-refractivity contribution is 0.0600. The van der Waals surface area contributed by atoms with Gasteiger partial charge in [-0.05, 0) is 29.8 Å². The lowest BCUT2D eigenvalue weighted by Crippen LogP contribution is -2.49. The second kappa shape index (κ2) is 8.79. The van der Waals surface area contributed by atoms with Gasteiger partial charge in [-0.2, -0.15) is 0 Å². The highest BCUT2D eigenvalue weighted by atomic mass is 35.5. The van der Waals surface area contributed by atoms with E-state index in [2.05, 4.69) is 15.0 Å². The first kappa shape index (κ1) is 21.1. The maximum atomic E-state index is 12.8. The molecule has 0 aliphatic carbocycles. The zero-order valence-corrected chi connectivity index (χ0v) is 17.2. The zero-order chi connectivity index (χ0) is 21.0. The predicted octanol–water partition coefficient (Wildman–Crippen LogP) is 2.20. The first-order valence-electron chi connectivity index (χ1n) is 8.82. The Hall–Kier alpha value is -2.65. The number of carbonyl (C=O) groups excluding carboxylic acids is 2. The molecule has 0 radical (unpaired) electrons. The molecule has 2 heterocycles. The number of nitrogens with zero attached hydrogens (tertiary/aromatic N) is 2. The minimum atomic E-state index is -3.26. The van der Waals surface area contributed by atoms with Gasteiger partial charge in [0.1, 0.15) is 0 Å². The Morgan fingerprint density at radius 2 is 2.10 bits per heavy atom. The van der Waals surface area contributed by atoms with E-state index in [0.29, 0.717) is 21.8 Å². The monoisotopic (exact) mass is 437 g/mol. The minimum Gasteiger partial charge on any atom is -0.465 e. The van der Waals surface area contributed by atoms with Crippen LogP contribution in [0.4, 0.5) is 4.79 Å². The molecular formula is C19H20ClN3O5S. The van der Waals surface area contributed by atoms with Crippen LogP contribution in [0.2, 0.25) is 5.02 Å². The number of benzene rings is 1. The number of pyridine rings is 1. The molecule has 29 heavy (non-hydrogen) atoms. The van der Waals surface area contributed by atoms with E-state index in [1.54, 1.807) is 36.4 Å². The van der Waals surface area contributed by atoms with E-state index < -0.39 is 27.9 Å². The van der Waals surface area contributed by atoms with Crippen molar-refractivity contribution in [1.29, 1.82) is 0 Å². The van der Waals surface area contributed by atoms with Gasteiger partial charge in [-0.3, -0.25) is 4.98 Å². The minimum absolute atomic E-state index is 0.0834. The number of rotatable bonds is 4. The van der Waals surface area contributed by atoms with Crippen molar-refractivity contribution >= 4 is 33.4 Å². The molecule has 1 fully saturated rings. The Kier molecular flexibility index (Phi) is 6.39. The Balaban J connectivity index is 1.71. The van der Waals surface area contributed by atoms with Gasteiger partial charge in [0, 0.05) is 17.8 Å². The number of carbonyl (C=O) groups is 2. The molecule has 10 heteroatoms. The fourth-order valence-corrected chi connectivity index (χ4v) is 4.77. The van der Waals surface area contributed by atoms with E-state index in [1.807, 2.05) is 0 Å². The van der Waals surface area contributed by atoms with Crippen molar-refractivity contribution in [3.05, 3.63) is 64.4 Å². The molecule has 0 spiro atoms. The third kappa shape index (κ3) is 5.24. The van der Waals surface area contributed by atoms with Crippen LogP contribution >= 0.6 is 11.6 Å². The zero-order valence-electron chi connectivity index (χ0n) is 15.7. The van der Waals surface area contributed by atoms with Crippen LogP contribution in [-0.2, 0) is 21.1 Å². The fourth-order valence-electron chi connectivity index (χ4n) is 3.08. The number of hydrogen-bond acceptors (Lipinski definition) is 6. The third-order valence-electron chi connectivity index (χ3n) is 4.59. The molecule has 0 bridgehead atoms. The van der Waals surface area contributed by atoms with E-state index >= 15 is 0 Å². The lowest BCUT2D eigenvalue weighted by atomic mass is 10.1. The van der Waals surface area contributed by atoms with Crippen molar-refractivity contribution in [3.8, 4) is 0 Å². The maximum Gasteiger partial charge on any atom is 0.339 e. The number of amides is 2. The highest BCUT2D eigenvalue weighted by molar-refractivity contribution is 7.91. The Morgan fingerprint density at radius 1 is 1.31 bits per heavy atom. The second-order valence-electron chi connectivity index (χ2n) is 6.57. The Morgan fingerprint density at radius 3 is 2.76 bits per heavy atom. The van der Waals surface area contributed by atoms with Gasteiger partial charge < -0.3 is 15.0 Å². The molecule has 154 valence electrons. The molecule has 2 aromatic rings. The molecule has 1 aromatic heterocycles. The first-order valence-corrected chi connectivity index (χ1v) is 11.0. The number of nitrogens with one attached hydrogen (secondary N) is 1. The van der Waals surface area contributed by atoms with Gasteiger partial charge in [-0.1, -0.05) is 23.7 Å². The summed E-state index contributed by atoms with van der Waals surface area (Å²) < 4.78 is 28.9. The number of esters is 1. The summed E-state index contributed by atoms with van der Waals surface area (Å²) >= 11 is 6.04. The summed E-state index contributed by atoms with van der Waals surface area (Å²) in [6, 6.07) is 8.99. The van der Waals surface area contributed by atoms with Crippen molar-refractivity contribution < 1.29 is 22.7 Å². The van der Waals surface area contributed by atoms with Crippen molar-refractivity contribution in [1.82, 2.24) is 15.2 Å². The van der Waals surface area contributed by atoms with Crippen LogP contribution in [0.5, 0.6) is 0 Å². The number of halogens is 1. The molecule has 2 amide bonds. The molecule has 0 saturated carbocycles. The van der Waals surface area contributed by atoms with Gasteiger partial charge >= 0.3 is 12.0 Å². The fraction of sp³-hybridized carbons (Fsp3) is 0.316. The lowest BCUT2D eigenvalue weighted by Gasteiger charge is -2.35. The SMILES string of the molecule is COC(=O)c1ccc(CNC(=O)N2CCS(=O)(=O)CC2c2cccc(Cl)c2)nc1. The molecule has 8 nitrogen and oxygen atoms in total. The topological polar surface area (TPSA) is 106 Å². The van der Waals surface area contributed by atoms with Crippen LogP contribution in [0.15, 0.2) is 42.6 Å². The number of ether oxygens (including phenoxy) is 1. The number of methoxy groups -OCH3 is 1. The summed E-state index contributed by atoms with van der Waals surface area (Å²) in [7, 11) is -1.98. The van der Waals surface area contributed by atoms with Gasteiger partial charge in [0.25, 0.3) is 0 Å². The molecule has 3 rings (SSSR count). The molecule has 1 unspecified atom stereocenters. The largest absolute Gasteiger partial charge is 0.465 e. The number of hydrogen-bond donors (Lipinski definition) is 1. The smallest absolute Gasteiger partial charge is 0.339 e. The normalized spacial score (nSPS) is 18.1. The molecule has 1 aliphatic heterocycles. The predicted molar refractivity (Wildman–Crippen MR) is 107 cm³/mol. The Labute approximate surface area is 173 Å². The van der Waals surface area contributed by atoms with Crippen molar-refractivity contribution in [2.75, 3.05) is 25.2 Å². The quantitative estimate of drug-likeness (QED) is 0.735. The van der Waals surface area contributed by atoms with Crippen LogP contribution in [0.3, 0.4) is 0 Å². The van der Waals surface area contributed by atoms with E-state index in [4.69, 9.17) is 11.6 Å². The molecular weight excluding hydrogens is 418 g/mol. The van der Waals surface area contributed by atoms with Gasteiger partial charge in [0.2, 0.25) is 0 Å². The van der Waals surface area contributed by atoms with Crippen LogP contribution in [0.1, 0.15) is 27.7 Å². The average Bonchev–Trinajstić information content (AvgIpc) is 2.71. The Bertz CT molecular complexity index is 1010. The summed E-state index contributed by atoms with van der Waals surface area (Å²) in [6.45, 7) is 0.214. The van der Waals surface area contributed by atoms with Crippen molar-refractivity contribution in [2.24, 2.45) is 0 Å². The molecule has 1 saturated heterocycles. The third-order valence-corrected chi connectivity index (χ3v) is 6.46. The summed E-state index contributed by atoms with van der Waals surface area (Å²) in [4.78, 5) is 29.8. The van der Waals surface area contributed by atoms with Crippen molar-refractivity contribution in [3.63, 3.8) is 0 Å².